The number of anilines is 1. The van der Waals surface area contributed by atoms with Crippen LogP contribution in [0.15, 0.2) is 48.7 Å². The van der Waals surface area contributed by atoms with Gasteiger partial charge in [0, 0.05) is 30.5 Å². The first-order chi connectivity index (χ1) is 9.38. The molecule has 1 aromatic carbocycles. The van der Waals surface area contributed by atoms with Crippen LogP contribution in [0.5, 0.6) is 0 Å². The summed E-state index contributed by atoms with van der Waals surface area (Å²) in [7, 11) is 0. The van der Waals surface area contributed by atoms with Crippen molar-refractivity contribution in [2.24, 2.45) is 0 Å². The van der Waals surface area contributed by atoms with Gasteiger partial charge in [-0.15, -0.1) is 0 Å². The Morgan fingerprint density at radius 2 is 1.84 bits per heavy atom. The lowest BCUT2D eigenvalue weighted by atomic mass is 10.1. The van der Waals surface area contributed by atoms with Crippen LogP contribution in [0, 0.1) is 0 Å². The van der Waals surface area contributed by atoms with E-state index in [9.17, 15) is 0 Å². The van der Waals surface area contributed by atoms with E-state index in [-0.39, 0.29) is 0 Å². The van der Waals surface area contributed by atoms with Crippen molar-refractivity contribution in [2.45, 2.75) is 32.6 Å². The standard InChI is InChI=1S/C17H22N2/c1-2-3-6-15-8-10-17(11-9-15)19-14-12-16-7-4-5-13-18-16/h4-5,7-11,13,19H,2-3,6,12,14H2,1H3. The van der Waals surface area contributed by atoms with Gasteiger partial charge in [-0.05, 0) is 42.7 Å². The molecule has 0 spiro atoms. The van der Waals surface area contributed by atoms with E-state index in [0.29, 0.717) is 0 Å². The maximum absolute atomic E-state index is 4.32. The number of unbranched alkanes of at least 4 members (excludes halogenated alkanes) is 1. The van der Waals surface area contributed by atoms with Gasteiger partial charge >= 0.3 is 0 Å². The van der Waals surface area contributed by atoms with Gasteiger partial charge in [-0.2, -0.15) is 0 Å². The molecule has 0 fully saturated rings. The average Bonchev–Trinajstić information content (AvgIpc) is 2.47. The second-order valence-electron chi connectivity index (χ2n) is 4.80. The minimum absolute atomic E-state index is 0.922. The van der Waals surface area contributed by atoms with Crippen LogP contribution >= 0.6 is 0 Å². The van der Waals surface area contributed by atoms with Crippen LogP contribution in [0.1, 0.15) is 31.0 Å². The SMILES string of the molecule is CCCCc1ccc(NCCc2ccccn2)cc1. The molecule has 19 heavy (non-hydrogen) atoms. The van der Waals surface area contributed by atoms with Gasteiger partial charge in [-0.3, -0.25) is 4.98 Å². The van der Waals surface area contributed by atoms with Gasteiger partial charge in [0.2, 0.25) is 0 Å². The molecule has 0 unspecified atom stereocenters. The summed E-state index contributed by atoms with van der Waals surface area (Å²) in [6.45, 7) is 3.15. The second-order valence-corrected chi connectivity index (χ2v) is 4.80. The largest absolute Gasteiger partial charge is 0.385 e. The van der Waals surface area contributed by atoms with E-state index in [1.807, 2.05) is 18.3 Å². The summed E-state index contributed by atoms with van der Waals surface area (Å²) < 4.78 is 0. The maximum Gasteiger partial charge on any atom is 0.0421 e. The molecule has 1 N–H and O–H groups in total. The second kappa shape index (κ2) is 7.57. The average molecular weight is 254 g/mol. The molecule has 0 aliphatic heterocycles. The summed E-state index contributed by atoms with van der Waals surface area (Å²) in [5, 5.41) is 3.44. The predicted octanol–water partition coefficient (Wildman–Crippen LogP) is 4.08. The fraction of sp³-hybridized carbons (Fsp3) is 0.353. The number of rotatable bonds is 7. The van der Waals surface area contributed by atoms with E-state index in [1.54, 1.807) is 0 Å². The quantitative estimate of drug-likeness (QED) is 0.805. The highest BCUT2D eigenvalue weighted by Crippen LogP contribution is 2.11. The van der Waals surface area contributed by atoms with Crippen LogP contribution in [-0.2, 0) is 12.8 Å². The van der Waals surface area contributed by atoms with E-state index in [1.165, 1.54) is 30.5 Å². The Bertz CT molecular complexity index is 462. The molecule has 0 amide bonds. The topological polar surface area (TPSA) is 24.9 Å². The zero-order valence-corrected chi connectivity index (χ0v) is 11.6. The highest BCUT2D eigenvalue weighted by atomic mass is 14.9. The molecule has 0 bridgehead atoms. The van der Waals surface area contributed by atoms with Gasteiger partial charge in [0.1, 0.15) is 0 Å². The van der Waals surface area contributed by atoms with Crippen LogP contribution in [0.2, 0.25) is 0 Å². The molecule has 0 aliphatic carbocycles. The molecule has 0 atom stereocenters. The Labute approximate surface area is 115 Å². The molecule has 0 saturated heterocycles. The minimum Gasteiger partial charge on any atom is -0.385 e. The molecule has 2 heteroatoms. The van der Waals surface area contributed by atoms with Crippen LogP contribution < -0.4 is 5.32 Å². The molecule has 2 aromatic rings. The van der Waals surface area contributed by atoms with Gasteiger partial charge in [0.15, 0.2) is 0 Å². The summed E-state index contributed by atoms with van der Waals surface area (Å²) >= 11 is 0. The first-order valence-electron chi connectivity index (χ1n) is 7.11. The fourth-order valence-electron chi connectivity index (χ4n) is 2.05. The Kier molecular flexibility index (Phi) is 5.42. The van der Waals surface area contributed by atoms with E-state index in [2.05, 4.69) is 47.6 Å². The highest BCUT2D eigenvalue weighted by Gasteiger charge is 1.96. The molecule has 0 saturated carbocycles. The molecular weight excluding hydrogens is 232 g/mol. The van der Waals surface area contributed by atoms with Crippen molar-refractivity contribution in [2.75, 3.05) is 11.9 Å². The third-order valence-electron chi connectivity index (χ3n) is 3.21. The minimum atomic E-state index is 0.922. The number of aryl methyl sites for hydroxylation is 1. The molecule has 1 aromatic heterocycles. The van der Waals surface area contributed by atoms with E-state index >= 15 is 0 Å². The van der Waals surface area contributed by atoms with Gasteiger partial charge in [-0.1, -0.05) is 31.5 Å². The maximum atomic E-state index is 4.32. The van der Waals surface area contributed by atoms with Crippen molar-refractivity contribution in [3.8, 4) is 0 Å². The zero-order chi connectivity index (χ0) is 13.3. The van der Waals surface area contributed by atoms with Gasteiger partial charge in [-0.25, -0.2) is 0 Å². The normalized spacial score (nSPS) is 10.4. The molecule has 1 heterocycles. The third-order valence-corrected chi connectivity index (χ3v) is 3.21. The lowest BCUT2D eigenvalue weighted by molar-refractivity contribution is 0.795. The van der Waals surface area contributed by atoms with Crippen molar-refractivity contribution in [1.29, 1.82) is 0 Å². The number of hydrogen-bond acceptors (Lipinski definition) is 2. The molecule has 2 nitrogen and oxygen atoms in total. The molecule has 2 rings (SSSR count). The zero-order valence-electron chi connectivity index (χ0n) is 11.6. The number of nitrogens with zero attached hydrogens (tertiary/aromatic N) is 1. The summed E-state index contributed by atoms with van der Waals surface area (Å²) in [4.78, 5) is 4.32. The van der Waals surface area contributed by atoms with Crippen molar-refractivity contribution >= 4 is 5.69 Å². The summed E-state index contributed by atoms with van der Waals surface area (Å²) in [5.41, 5.74) is 3.75. The summed E-state index contributed by atoms with van der Waals surface area (Å²) in [6, 6.07) is 14.8. The Morgan fingerprint density at radius 1 is 1.00 bits per heavy atom. The lowest BCUT2D eigenvalue weighted by Crippen LogP contribution is -2.05. The van der Waals surface area contributed by atoms with Crippen LogP contribution in [0.3, 0.4) is 0 Å². The van der Waals surface area contributed by atoms with Crippen molar-refractivity contribution in [3.63, 3.8) is 0 Å². The highest BCUT2D eigenvalue weighted by molar-refractivity contribution is 5.44. The lowest BCUT2D eigenvalue weighted by Gasteiger charge is -2.07. The van der Waals surface area contributed by atoms with Crippen molar-refractivity contribution in [3.05, 3.63) is 59.9 Å². The van der Waals surface area contributed by atoms with Crippen LogP contribution in [-0.4, -0.2) is 11.5 Å². The number of pyridine rings is 1. The van der Waals surface area contributed by atoms with Gasteiger partial charge in [0.25, 0.3) is 0 Å². The number of benzene rings is 1. The fourth-order valence-corrected chi connectivity index (χ4v) is 2.05. The molecular formula is C17H22N2. The van der Waals surface area contributed by atoms with Crippen LogP contribution in [0.4, 0.5) is 5.69 Å². The Hall–Kier alpha value is -1.83. The third kappa shape index (κ3) is 4.74. The predicted molar refractivity (Wildman–Crippen MR) is 81.5 cm³/mol. The van der Waals surface area contributed by atoms with Gasteiger partial charge < -0.3 is 5.32 Å². The molecule has 0 radical (unpaired) electrons. The number of aromatic nitrogens is 1. The van der Waals surface area contributed by atoms with E-state index in [4.69, 9.17) is 0 Å². The van der Waals surface area contributed by atoms with E-state index in [0.717, 1.165) is 18.7 Å². The molecule has 100 valence electrons. The van der Waals surface area contributed by atoms with Crippen molar-refractivity contribution < 1.29 is 0 Å². The van der Waals surface area contributed by atoms with Crippen LogP contribution in [0.25, 0.3) is 0 Å². The van der Waals surface area contributed by atoms with E-state index < -0.39 is 0 Å². The Balaban J connectivity index is 1.77. The summed E-state index contributed by atoms with van der Waals surface area (Å²) in [6.07, 6.45) is 6.51. The van der Waals surface area contributed by atoms with Gasteiger partial charge in [0.05, 0.1) is 0 Å². The summed E-state index contributed by atoms with van der Waals surface area (Å²) in [5.74, 6) is 0. The number of hydrogen-bond donors (Lipinski definition) is 1. The smallest absolute Gasteiger partial charge is 0.0421 e. The monoisotopic (exact) mass is 254 g/mol. The molecule has 0 aliphatic rings. The first kappa shape index (κ1) is 13.6. The van der Waals surface area contributed by atoms with Crippen molar-refractivity contribution in [1.82, 2.24) is 4.98 Å². The Morgan fingerprint density at radius 3 is 2.53 bits per heavy atom. The first-order valence-corrected chi connectivity index (χ1v) is 7.11. The number of nitrogens with one attached hydrogen (secondary N) is 1.